The number of rotatable bonds is 1. The quantitative estimate of drug-likeness (QED) is 0.778. The molecule has 1 heterocycles. The summed E-state index contributed by atoms with van der Waals surface area (Å²) < 4.78 is 0. The zero-order chi connectivity index (χ0) is 14.4. The summed E-state index contributed by atoms with van der Waals surface area (Å²) in [6.07, 6.45) is 2.49. The van der Waals surface area contributed by atoms with Gasteiger partial charge in [0, 0.05) is 22.7 Å². The van der Waals surface area contributed by atoms with Gasteiger partial charge in [0.25, 0.3) is 0 Å². The van der Waals surface area contributed by atoms with E-state index in [0.29, 0.717) is 17.9 Å². The van der Waals surface area contributed by atoms with Gasteiger partial charge in [-0.2, -0.15) is 0 Å². The Balaban J connectivity index is 1.86. The summed E-state index contributed by atoms with van der Waals surface area (Å²) >= 11 is 6.23. The number of nitrogens with two attached hydrogens (primary N) is 1. The monoisotopic (exact) mass is 298 g/mol. The van der Waals surface area contributed by atoms with Gasteiger partial charge in [0.2, 0.25) is 0 Å². The maximum atomic E-state index is 6.23. The second-order valence-corrected chi connectivity index (χ2v) is 6.60. The van der Waals surface area contributed by atoms with Crippen LogP contribution in [0.4, 0.5) is 5.69 Å². The van der Waals surface area contributed by atoms with Gasteiger partial charge in [-0.15, -0.1) is 0 Å². The van der Waals surface area contributed by atoms with E-state index in [9.17, 15) is 0 Å². The molecular formula is C18H19ClN2. The van der Waals surface area contributed by atoms with Crippen LogP contribution in [0.3, 0.4) is 0 Å². The summed E-state index contributed by atoms with van der Waals surface area (Å²) in [6, 6.07) is 15.1. The zero-order valence-electron chi connectivity index (χ0n) is 11.9. The van der Waals surface area contributed by atoms with Crippen LogP contribution in [-0.2, 0) is 0 Å². The molecule has 21 heavy (non-hydrogen) atoms. The van der Waals surface area contributed by atoms with Gasteiger partial charge in [-0.1, -0.05) is 29.8 Å². The Bertz CT molecular complexity index is 683. The molecule has 4 rings (SSSR count). The van der Waals surface area contributed by atoms with Crippen LogP contribution in [0.5, 0.6) is 0 Å². The van der Waals surface area contributed by atoms with E-state index >= 15 is 0 Å². The third-order valence-electron chi connectivity index (χ3n) is 4.92. The molecule has 2 nitrogen and oxygen atoms in total. The molecule has 3 N–H and O–H groups in total. The summed E-state index contributed by atoms with van der Waals surface area (Å²) in [4.78, 5) is 0. The number of anilines is 1. The zero-order valence-corrected chi connectivity index (χ0v) is 12.6. The van der Waals surface area contributed by atoms with Crippen molar-refractivity contribution in [1.29, 1.82) is 0 Å². The normalized spacial score (nSPS) is 27.2. The first-order chi connectivity index (χ1) is 10.2. The third-order valence-corrected chi connectivity index (χ3v) is 5.16. The van der Waals surface area contributed by atoms with Crippen molar-refractivity contribution in [3.05, 3.63) is 64.2 Å². The Kier molecular flexibility index (Phi) is 3.16. The van der Waals surface area contributed by atoms with E-state index in [1.165, 1.54) is 29.5 Å². The minimum Gasteiger partial charge on any atom is -0.399 e. The second-order valence-electron chi connectivity index (χ2n) is 6.16. The average Bonchev–Trinajstić information content (AvgIpc) is 2.81. The topological polar surface area (TPSA) is 38.0 Å². The van der Waals surface area contributed by atoms with Crippen LogP contribution < -0.4 is 11.1 Å². The summed E-state index contributed by atoms with van der Waals surface area (Å²) in [5.41, 5.74) is 11.0. The summed E-state index contributed by atoms with van der Waals surface area (Å²) in [5.74, 6) is 1.03. The van der Waals surface area contributed by atoms with Crippen molar-refractivity contribution in [3.63, 3.8) is 0 Å². The van der Waals surface area contributed by atoms with Crippen LogP contribution in [0.2, 0.25) is 5.02 Å². The first kappa shape index (κ1) is 13.2. The molecule has 0 amide bonds. The molecule has 1 aliphatic carbocycles. The third kappa shape index (κ3) is 2.14. The maximum absolute atomic E-state index is 6.23. The molecule has 1 aliphatic heterocycles. The Hall–Kier alpha value is -1.51. The minimum atomic E-state index is 0.429. The second kappa shape index (κ2) is 5.04. The Morgan fingerprint density at radius 2 is 2.00 bits per heavy atom. The fraction of sp³-hybridized carbons (Fsp3) is 0.333. The number of nitrogens with one attached hydrogen (secondary N) is 1. The molecule has 0 saturated carbocycles. The average molecular weight is 299 g/mol. The number of benzene rings is 2. The molecular weight excluding hydrogens is 280 g/mol. The fourth-order valence-electron chi connectivity index (χ4n) is 4.12. The number of nitrogen functional groups attached to an aromatic ring is 1. The highest BCUT2D eigenvalue weighted by Gasteiger charge is 2.42. The number of fused-ring (bicyclic) bond motifs is 3. The predicted molar refractivity (Wildman–Crippen MR) is 87.6 cm³/mol. The van der Waals surface area contributed by atoms with Crippen LogP contribution in [0.25, 0.3) is 0 Å². The molecule has 3 unspecified atom stereocenters. The maximum Gasteiger partial charge on any atom is 0.0409 e. The lowest BCUT2D eigenvalue weighted by Gasteiger charge is -2.31. The molecule has 3 atom stereocenters. The molecule has 3 heteroatoms. The van der Waals surface area contributed by atoms with E-state index in [1.807, 2.05) is 12.1 Å². The first-order valence-electron chi connectivity index (χ1n) is 7.62. The van der Waals surface area contributed by atoms with Crippen LogP contribution in [0.15, 0.2) is 42.5 Å². The van der Waals surface area contributed by atoms with Gasteiger partial charge in [0.15, 0.2) is 0 Å². The van der Waals surface area contributed by atoms with Crippen molar-refractivity contribution in [2.75, 3.05) is 12.3 Å². The van der Waals surface area contributed by atoms with E-state index in [1.54, 1.807) is 0 Å². The van der Waals surface area contributed by atoms with Gasteiger partial charge in [0.1, 0.15) is 0 Å². The molecule has 2 aliphatic rings. The Labute approximate surface area is 130 Å². The van der Waals surface area contributed by atoms with Gasteiger partial charge in [-0.3, -0.25) is 0 Å². The SMILES string of the molecule is Nc1cccc(C2c3ccc(Cl)cc3C3NCCCC32)c1. The number of halogens is 1. The van der Waals surface area contributed by atoms with Crippen molar-refractivity contribution in [3.8, 4) is 0 Å². The van der Waals surface area contributed by atoms with Gasteiger partial charge in [-0.05, 0) is 66.3 Å². The van der Waals surface area contributed by atoms with Crippen LogP contribution >= 0.6 is 11.6 Å². The lowest BCUT2D eigenvalue weighted by molar-refractivity contribution is 0.287. The Morgan fingerprint density at radius 3 is 2.86 bits per heavy atom. The smallest absolute Gasteiger partial charge is 0.0409 e. The van der Waals surface area contributed by atoms with Crippen molar-refractivity contribution >= 4 is 17.3 Å². The molecule has 1 saturated heterocycles. The highest BCUT2D eigenvalue weighted by molar-refractivity contribution is 6.30. The first-order valence-corrected chi connectivity index (χ1v) is 8.00. The summed E-state index contributed by atoms with van der Waals surface area (Å²) in [6.45, 7) is 1.09. The largest absolute Gasteiger partial charge is 0.399 e. The number of hydrogen-bond acceptors (Lipinski definition) is 2. The van der Waals surface area contributed by atoms with E-state index in [0.717, 1.165) is 17.3 Å². The van der Waals surface area contributed by atoms with E-state index < -0.39 is 0 Å². The standard InChI is InChI=1S/C18H19ClN2/c19-12-6-7-14-16(10-12)18-15(5-2-8-21-18)17(14)11-3-1-4-13(20)9-11/h1,3-4,6-7,9-10,15,17-18,21H,2,5,8,20H2. The van der Waals surface area contributed by atoms with E-state index in [2.05, 4.69) is 35.6 Å². The number of hydrogen-bond donors (Lipinski definition) is 2. The number of piperidine rings is 1. The van der Waals surface area contributed by atoms with Crippen molar-refractivity contribution in [2.24, 2.45) is 5.92 Å². The van der Waals surface area contributed by atoms with Crippen molar-refractivity contribution in [2.45, 2.75) is 24.8 Å². The van der Waals surface area contributed by atoms with Gasteiger partial charge >= 0.3 is 0 Å². The lowest BCUT2D eigenvalue weighted by Crippen LogP contribution is -2.32. The molecule has 0 aromatic heterocycles. The molecule has 0 bridgehead atoms. The predicted octanol–water partition coefficient (Wildman–Crippen LogP) is 4.11. The van der Waals surface area contributed by atoms with E-state index in [-0.39, 0.29) is 0 Å². The van der Waals surface area contributed by atoms with Gasteiger partial charge < -0.3 is 11.1 Å². The fourth-order valence-corrected chi connectivity index (χ4v) is 4.30. The molecule has 2 aromatic carbocycles. The Morgan fingerprint density at radius 1 is 1.10 bits per heavy atom. The molecule has 1 fully saturated rings. The summed E-state index contributed by atoms with van der Waals surface area (Å²) in [5, 5.41) is 4.52. The summed E-state index contributed by atoms with van der Waals surface area (Å²) in [7, 11) is 0. The van der Waals surface area contributed by atoms with Crippen molar-refractivity contribution < 1.29 is 0 Å². The molecule has 0 spiro atoms. The van der Waals surface area contributed by atoms with Crippen LogP contribution in [0.1, 0.15) is 41.5 Å². The molecule has 0 radical (unpaired) electrons. The highest BCUT2D eigenvalue weighted by atomic mass is 35.5. The van der Waals surface area contributed by atoms with Gasteiger partial charge in [-0.25, -0.2) is 0 Å². The van der Waals surface area contributed by atoms with Crippen LogP contribution in [0, 0.1) is 5.92 Å². The molecule has 108 valence electrons. The molecule has 2 aromatic rings. The van der Waals surface area contributed by atoms with Crippen LogP contribution in [-0.4, -0.2) is 6.54 Å². The minimum absolute atomic E-state index is 0.429. The lowest BCUT2D eigenvalue weighted by atomic mass is 9.80. The van der Waals surface area contributed by atoms with Gasteiger partial charge in [0.05, 0.1) is 0 Å². The van der Waals surface area contributed by atoms with E-state index in [4.69, 9.17) is 17.3 Å². The highest BCUT2D eigenvalue weighted by Crippen LogP contribution is 2.52. The van der Waals surface area contributed by atoms with Crippen molar-refractivity contribution in [1.82, 2.24) is 5.32 Å².